The summed E-state index contributed by atoms with van der Waals surface area (Å²) in [4.78, 5) is 15.4. The van der Waals surface area contributed by atoms with Crippen LogP contribution in [0.2, 0.25) is 0 Å². The Balaban J connectivity index is 2.31. The van der Waals surface area contributed by atoms with Crippen LogP contribution in [-0.2, 0) is 16.0 Å². The van der Waals surface area contributed by atoms with Crippen LogP contribution >= 0.6 is 0 Å². The maximum absolute atomic E-state index is 11.2. The van der Waals surface area contributed by atoms with Gasteiger partial charge < -0.3 is 10.5 Å². The number of rotatable bonds is 6. The lowest BCUT2D eigenvalue weighted by atomic mass is 10.1. The van der Waals surface area contributed by atoms with Crippen LogP contribution < -0.4 is 5.73 Å². The number of hydrogen-bond acceptors (Lipinski definition) is 4. The molecule has 1 rings (SSSR count). The first-order valence-electron chi connectivity index (χ1n) is 5.94. The number of hydrogen-bond donors (Lipinski definition) is 1. The number of nitrogens with two attached hydrogens (primary N) is 1. The molecule has 0 aliphatic carbocycles. The molecule has 1 atom stereocenters. The largest absolute Gasteiger partial charge is 0.466 e. The summed E-state index contributed by atoms with van der Waals surface area (Å²) in [5.41, 5.74) is 8.04. The molecule has 2 N–H and O–H groups in total. The van der Waals surface area contributed by atoms with Crippen molar-refractivity contribution in [3.8, 4) is 0 Å². The lowest BCUT2D eigenvalue weighted by Gasteiger charge is -2.10. The summed E-state index contributed by atoms with van der Waals surface area (Å²) in [7, 11) is 0. The van der Waals surface area contributed by atoms with E-state index >= 15 is 0 Å². The number of esters is 1. The van der Waals surface area contributed by atoms with Crippen LogP contribution in [0, 0.1) is 6.92 Å². The molecule has 0 aliphatic rings. The quantitative estimate of drug-likeness (QED) is 0.762. The van der Waals surface area contributed by atoms with Crippen LogP contribution in [0.1, 0.15) is 31.0 Å². The van der Waals surface area contributed by atoms with E-state index in [9.17, 15) is 4.79 Å². The first-order valence-corrected chi connectivity index (χ1v) is 5.94. The molecular formula is C13H20N2O2. The van der Waals surface area contributed by atoms with Gasteiger partial charge in [0.05, 0.1) is 6.61 Å². The fourth-order valence-electron chi connectivity index (χ4n) is 1.53. The van der Waals surface area contributed by atoms with Gasteiger partial charge in [-0.15, -0.1) is 0 Å². The van der Waals surface area contributed by atoms with Crippen LogP contribution in [0.25, 0.3) is 0 Å². The Bertz CT molecular complexity index is 349. The van der Waals surface area contributed by atoms with E-state index in [4.69, 9.17) is 10.5 Å². The highest BCUT2D eigenvalue weighted by Gasteiger charge is 2.09. The highest BCUT2D eigenvalue weighted by atomic mass is 16.5. The second-order valence-electron chi connectivity index (χ2n) is 4.13. The minimum Gasteiger partial charge on any atom is -0.466 e. The van der Waals surface area contributed by atoms with E-state index in [0.29, 0.717) is 25.9 Å². The third kappa shape index (κ3) is 5.45. The van der Waals surface area contributed by atoms with Crippen molar-refractivity contribution in [3.63, 3.8) is 0 Å². The molecule has 1 aromatic heterocycles. The molecular weight excluding hydrogens is 216 g/mol. The standard InChI is InChI=1S/C13H20N2O2/c1-3-17-13(16)7-5-11(14)8-12-6-4-10(2)9-15-12/h4,6,9,11H,3,5,7-8,14H2,1-2H3. The molecule has 0 bridgehead atoms. The minimum atomic E-state index is -0.181. The van der Waals surface area contributed by atoms with Crippen LogP contribution in [0.3, 0.4) is 0 Å². The zero-order valence-corrected chi connectivity index (χ0v) is 10.5. The van der Waals surface area contributed by atoms with Gasteiger partial charge in [-0.1, -0.05) is 6.07 Å². The summed E-state index contributed by atoms with van der Waals surface area (Å²) in [6.45, 7) is 4.22. The number of carbonyl (C=O) groups excluding carboxylic acids is 1. The first-order chi connectivity index (χ1) is 8.11. The molecule has 0 fully saturated rings. The smallest absolute Gasteiger partial charge is 0.305 e. The molecule has 0 saturated heterocycles. The van der Waals surface area contributed by atoms with Crippen molar-refractivity contribution in [1.29, 1.82) is 0 Å². The molecule has 0 saturated carbocycles. The molecule has 1 unspecified atom stereocenters. The number of aryl methyl sites for hydroxylation is 1. The third-order valence-electron chi connectivity index (χ3n) is 2.47. The van der Waals surface area contributed by atoms with E-state index in [0.717, 1.165) is 11.3 Å². The van der Waals surface area contributed by atoms with Crippen LogP contribution in [-0.4, -0.2) is 23.6 Å². The predicted molar refractivity (Wildman–Crippen MR) is 66.5 cm³/mol. The Morgan fingerprint density at radius 3 is 2.88 bits per heavy atom. The molecule has 0 amide bonds. The second kappa shape index (κ2) is 7.01. The number of aromatic nitrogens is 1. The maximum Gasteiger partial charge on any atom is 0.305 e. The van der Waals surface area contributed by atoms with Gasteiger partial charge in [0.15, 0.2) is 0 Å². The summed E-state index contributed by atoms with van der Waals surface area (Å²) in [6, 6.07) is 3.94. The molecule has 1 aromatic rings. The molecule has 0 spiro atoms. The highest BCUT2D eigenvalue weighted by Crippen LogP contribution is 2.05. The Labute approximate surface area is 102 Å². The molecule has 4 heteroatoms. The lowest BCUT2D eigenvalue weighted by molar-refractivity contribution is -0.143. The summed E-state index contributed by atoms with van der Waals surface area (Å²) in [5.74, 6) is -0.181. The number of ether oxygens (including phenoxy) is 1. The molecule has 17 heavy (non-hydrogen) atoms. The summed E-state index contributed by atoms with van der Waals surface area (Å²) in [6.07, 6.45) is 3.53. The van der Waals surface area contributed by atoms with Crippen LogP contribution in [0.4, 0.5) is 0 Å². The van der Waals surface area contributed by atoms with Crippen molar-refractivity contribution in [1.82, 2.24) is 4.98 Å². The van der Waals surface area contributed by atoms with Crippen molar-refractivity contribution in [2.24, 2.45) is 5.73 Å². The van der Waals surface area contributed by atoms with Crippen molar-refractivity contribution in [3.05, 3.63) is 29.6 Å². The van der Waals surface area contributed by atoms with Crippen molar-refractivity contribution >= 4 is 5.97 Å². The Hall–Kier alpha value is -1.42. The van der Waals surface area contributed by atoms with Gasteiger partial charge in [-0.25, -0.2) is 0 Å². The number of pyridine rings is 1. The van der Waals surface area contributed by atoms with Gasteiger partial charge in [0.1, 0.15) is 0 Å². The van der Waals surface area contributed by atoms with Gasteiger partial charge in [-0.3, -0.25) is 9.78 Å². The molecule has 94 valence electrons. The van der Waals surface area contributed by atoms with Crippen LogP contribution in [0.15, 0.2) is 18.3 Å². The second-order valence-corrected chi connectivity index (χ2v) is 4.13. The minimum absolute atomic E-state index is 0.0467. The van der Waals surface area contributed by atoms with E-state index in [2.05, 4.69) is 4.98 Å². The summed E-state index contributed by atoms with van der Waals surface area (Å²) >= 11 is 0. The predicted octanol–water partition coefficient (Wildman–Crippen LogP) is 1.60. The SMILES string of the molecule is CCOC(=O)CCC(N)Cc1ccc(C)cn1. The number of nitrogens with zero attached hydrogens (tertiary/aromatic N) is 1. The van der Waals surface area contributed by atoms with Crippen molar-refractivity contribution in [2.75, 3.05) is 6.61 Å². The van der Waals surface area contributed by atoms with Crippen molar-refractivity contribution < 1.29 is 9.53 Å². The maximum atomic E-state index is 11.2. The van der Waals surface area contributed by atoms with E-state index in [1.807, 2.05) is 25.3 Å². The first kappa shape index (κ1) is 13.6. The van der Waals surface area contributed by atoms with Gasteiger partial charge in [-0.2, -0.15) is 0 Å². The van der Waals surface area contributed by atoms with Crippen LogP contribution in [0.5, 0.6) is 0 Å². The van der Waals surface area contributed by atoms with Gasteiger partial charge in [-0.05, 0) is 31.9 Å². The van der Waals surface area contributed by atoms with Crippen molar-refractivity contribution in [2.45, 2.75) is 39.2 Å². The van der Waals surface area contributed by atoms with Gasteiger partial charge in [0.2, 0.25) is 0 Å². The van der Waals surface area contributed by atoms with E-state index < -0.39 is 0 Å². The van der Waals surface area contributed by atoms with Gasteiger partial charge in [0, 0.05) is 30.8 Å². The number of carbonyl (C=O) groups is 1. The summed E-state index contributed by atoms with van der Waals surface area (Å²) < 4.78 is 4.85. The Morgan fingerprint density at radius 2 is 2.29 bits per heavy atom. The average Bonchev–Trinajstić information content (AvgIpc) is 2.30. The molecule has 4 nitrogen and oxygen atoms in total. The van der Waals surface area contributed by atoms with Gasteiger partial charge in [0.25, 0.3) is 0 Å². The molecule has 0 aromatic carbocycles. The third-order valence-corrected chi connectivity index (χ3v) is 2.47. The zero-order valence-electron chi connectivity index (χ0n) is 10.5. The van der Waals surface area contributed by atoms with E-state index in [-0.39, 0.29) is 12.0 Å². The van der Waals surface area contributed by atoms with E-state index in [1.54, 1.807) is 6.92 Å². The molecule has 0 aliphatic heterocycles. The van der Waals surface area contributed by atoms with Gasteiger partial charge >= 0.3 is 5.97 Å². The Morgan fingerprint density at radius 1 is 1.53 bits per heavy atom. The molecule has 1 heterocycles. The Kier molecular flexibility index (Phi) is 5.63. The summed E-state index contributed by atoms with van der Waals surface area (Å²) in [5, 5.41) is 0. The topological polar surface area (TPSA) is 65.2 Å². The van der Waals surface area contributed by atoms with E-state index in [1.165, 1.54) is 0 Å². The lowest BCUT2D eigenvalue weighted by Crippen LogP contribution is -2.24. The fraction of sp³-hybridized carbons (Fsp3) is 0.538. The molecule has 0 radical (unpaired) electrons. The highest BCUT2D eigenvalue weighted by molar-refractivity contribution is 5.69. The monoisotopic (exact) mass is 236 g/mol. The zero-order chi connectivity index (χ0) is 12.7. The average molecular weight is 236 g/mol. The normalized spacial score (nSPS) is 12.2. The fourth-order valence-corrected chi connectivity index (χ4v) is 1.53.